The number of rotatable bonds is 4. The van der Waals surface area contributed by atoms with E-state index in [0.717, 1.165) is 4.90 Å². The Morgan fingerprint density at radius 2 is 1.52 bits per heavy atom. The van der Waals surface area contributed by atoms with Gasteiger partial charge in [-0.2, -0.15) is 5.06 Å². The van der Waals surface area contributed by atoms with Crippen LogP contribution in [-0.4, -0.2) is 56.4 Å². The molecule has 9 heteroatoms. The average Bonchev–Trinajstić information content (AvgIpc) is 2.89. The first-order valence-electron chi connectivity index (χ1n) is 6.13. The van der Waals surface area contributed by atoms with Crippen molar-refractivity contribution in [2.45, 2.75) is 25.7 Å². The Bertz CT molecular complexity index is 478. The van der Waals surface area contributed by atoms with Crippen molar-refractivity contribution in [2.24, 2.45) is 0 Å². The zero-order chi connectivity index (χ0) is 16.0. The highest BCUT2D eigenvalue weighted by molar-refractivity contribution is 6.12. The highest BCUT2D eigenvalue weighted by Crippen LogP contribution is 2.07. The van der Waals surface area contributed by atoms with Gasteiger partial charge in [0.25, 0.3) is 23.6 Å². The number of amides is 4. The van der Waals surface area contributed by atoms with Crippen molar-refractivity contribution in [3.8, 4) is 0 Å². The van der Waals surface area contributed by atoms with Crippen LogP contribution in [0.1, 0.15) is 25.7 Å². The highest BCUT2D eigenvalue weighted by atomic mass is 16.5. The Hall–Kier alpha value is -2.55. The lowest BCUT2D eigenvalue weighted by Gasteiger charge is -2.11. The van der Waals surface area contributed by atoms with Crippen molar-refractivity contribution in [2.75, 3.05) is 6.54 Å². The van der Waals surface area contributed by atoms with Crippen molar-refractivity contribution >= 4 is 29.6 Å². The van der Waals surface area contributed by atoms with Gasteiger partial charge in [-0.15, -0.1) is 0 Å². The van der Waals surface area contributed by atoms with Gasteiger partial charge in [-0.05, 0) is 6.42 Å². The van der Waals surface area contributed by atoms with E-state index >= 15 is 0 Å². The summed E-state index contributed by atoms with van der Waals surface area (Å²) in [5.74, 6) is -2.66. The van der Waals surface area contributed by atoms with Crippen LogP contribution in [-0.2, 0) is 24.0 Å². The molecule has 2 rings (SSSR count). The van der Waals surface area contributed by atoms with Crippen LogP contribution in [0.2, 0.25) is 0 Å². The summed E-state index contributed by atoms with van der Waals surface area (Å²) < 4.78 is 0. The number of aliphatic carboxylic acids is 1. The number of hydroxylamine groups is 2. The van der Waals surface area contributed by atoms with Gasteiger partial charge >= 0.3 is 5.97 Å². The van der Waals surface area contributed by atoms with Crippen LogP contribution < -0.4 is 0 Å². The number of carbonyl (C=O) groups is 5. The predicted octanol–water partition coefficient (Wildman–Crippen LogP) is -0.699. The molecule has 0 radical (unpaired) electrons. The van der Waals surface area contributed by atoms with Gasteiger partial charge < -0.3 is 5.11 Å². The monoisotopic (exact) mass is 298 g/mol. The molecular weight excluding hydrogens is 284 g/mol. The lowest BCUT2D eigenvalue weighted by Crippen LogP contribution is -2.31. The molecule has 0 bridgehead atoms. The molecule has 0 unspecified atom stereocenters. The maximum atomic E-state index is 10.9. The molecule has 0 saturated carbocycles. The minimum absolute atomic E-state index is 0.0307. The summed E-state index contributed by atoms with van der Waals surface area (Å²) >= 11 is 0. The number of hydrogen-bond acceptors (Lipinski definition) is 6. The molecule has 1 fully saturated rings. The molecule has 1 saturated heterocycles. The van der Waals surface area contributed by atoms with Gasteiger partial charge in [-0.1, -0.05) is 0 Å². The van der Waals surface area contributed by atoms with Gasteiger partial charge in [-0.25, -0.2) is 0 Å². The first-order chi connectivity index (χ1) is 9.82. The molecule has 0 atom stereocenters. The second-order valence-corrected chi connectivity index (χ2v) is 4.26. The molecule has 2 N–H and O–H groups in total. The molecule has 2 aliphatic heterocycles. The Labute approximate surface area is 119 Å². The molecule has 0 aliphatic carbocycles. The van der Waals surface area contributed by atoms with Gasteiger partial charge in [0.05, 0.1) is 0 Å². The number of nitrogens with zero attached hydrogens (tertiary/aromatic N) is 2. The fourth-order valence-electron chi connectivity index (χ4n) is 1.60. The van der Waals surface area contributed by atoms with E-state index in [9.17, 15) is 24.0 Å². The van der Waals surface area contributed by atoms with Crippen LogP contribution in [0.5, 0.6) is 0 Å². The SMILES string of the molecule is O=C(O)CCCN1C(=O)C=CC1=O.O=C1CCC(=O)N1O. The molecule has 0 spiro atoms. The van der Waals surface area contributed by atoms with E-state index in [1.807, 2.05) is 0 Å². The smallest absolute Gasteiger partial charge is 0.303 e. The summed E-state index contributed by atoms with van der Waals surface area (Å²) in [6.45, 7) is 0.178. The van der Waals surface area contributed by atoms with Gasteiger partial charge in [0.15, 0.2) is 0 Å². The summed E-state index contributed by atoms with van der Waals surface area (Å²) in [4.78, 5) is 53.5. The third-order valence-corrected chi connectivity index (χ3v) is 2.70. The van der Waals surface area contributed by atoms with E-state index in [4.69, 9.17) is 10.3 Å². The van der Waals surface area contributed by atoms with Gasteiger partial charge in [0, 0.05) is 38.0 Å². The van der Waals surface area contributed by atoms with E-state index in [1.165, 1.54) is 12.2 Å². The van der Waals surface area contributed by atoms with Crippen LogP contribution in [0.3, 0.4) is 0 Å². The Morgan fingerprint density at radius 1 is 1.05 bits per heavy atom. The summed E-state index contributed by atoms with van der Waals surface area (Å²) in [6, 6.07) is 0. The summed E-state index contributed by atoms with van der Waals surface area (Å²) in [7, 11) is 0. The number of carboxylic acid groups (broad SMARTS) is 1. The summed E-state index contributed by atoms with van der Waals surface area (Å²) in [5.41, 5.74) is 0. The normalized spacial score (nSPS) is 17.4. The fraction of sp³-hybridized carbons (Fsp3) is 0.417. The maximum absolute atomic E-state index is 10.9. The largest absolute Gasteiger partial charge is 0.481 e. The molecule has 4 amide bonds. The van der Waals surface area contributed by atoms with Crippen LogP contribution in [0.4, 0.5) is 0 Å². The zero-order valence-corrected chi connectivity index (χ0v) is 11.0. The standard InChI is InChI=1S/C8H9NO4.C4H5NO3/c10-6-3-4-7(11)9(6)5-1-2-8(12)13;6-3-1-2-4(7)5(3)8/h3-4H,1-2,5H2,(H,12,13);8H,1-2H2. The van der Waals surface area contributed by atoms with Gasteiger partial charge in [0.2, 0.25) is 0 Å². The van der Waals surface area contributed by atoms with Crippen molar-refractivity contribution in [3.63, 3.8) is 0 Å². The summed E-state index contributed by atoms with van der Waals surface area (Å²) in [5, 5.41) is 16.9. The van der Waals surface area contributed by atoms with E-state index in [-0.39, 0.29) is 42.7 Å². The van der Waals surface area contributed by atoms with Gasteiger partial charge in [-0.3, -0.25) is 34.1 Å². The van der Waals surface area contributed by atoms with Crippen LogP contribution in [0, 0.1) is 0 Å². The molecule has 21 heavy (non-hydrogen) atoms. The molecule has 9 nitrogen and oxygen atoms in total. The van der Waals surface area contributed by atoms with Crippen LogP contribution >= 0.6 is 0 Å². The van der Waals surface area contributed by atoms with Crippen molar-refractivity contribution in [1.29, 1.82) is 0 Å². The second-order valence-electron chi connectivity index (χ2n) is 4.26. The van der Waals surface area contributed by atoms with Crippen LogP contribution in [0.15, 0.2) is 12.2 Å². The number of carboxylic acids is 1. The van der Waals surface area contributed by atoms with E-state index in [0.29, 0.717) is 6.42 Å². The first kappa shape index (κ1) is 16.5. The van der Waals surface area contributed by atoms with E-state index < -0.39 is 17.8 Å². The van der Waals surface area contributed by atoms with Crippen molar-refractivity contribution in [3.05, 3.63) is 12.2 Å². The Kier molecular flexibility index (Phi) is 5.73. The number of imide groups is 2. The highest BCUT2D eigenvalue weighted by Gasteiger charge is 2.26. The predicted molar refractivity (Wildman–Crippen MR) is 65.6 cm³/mol. The zero-order valence-electron chi connectivity index (χ0n) is 11.0. The quantitative estimate of drug-likeness (QED) is 0.518. The van der Waals surface area contributed by atoms with Crippen LogP contribution in [0.25, 0.3) is 0 Å². The molecule has 114 valence electrons. The summed E-state index contributed by atoms with van der Waals surface area (Å²) in [6.07, 6.45) is 2.93. The molecule has 0 aromatic heterocycles. The maximum Gasteiger partial charge on any atom is 0.303 e. The van der Waals surface area contributed by atoms with E-state index in [1.54, 1.807) is 0 Å². The third kappa shape index (κ3) is 4.80. The molecular formula is C12H14N2O7. The van der Waals surface area contributed by atoms with Crippen molar-refractivity contribution in [1.82, 2.24) is 9.96 Å². The molecule has 2 aliphatic rings. The Balaban J connectivity index is 0.000000235. The molecule has 2 heterocycles. The third-order valence-electron chi connectivity index (χ3n) is 2.70. The number of hydrogen-bond donors (Lipinski definition) is 2. The van der Waals surface area contributed by atoms with E-state index in [2.05, 4.69) is 0 Å². The molecule has 0 aromatic carbocycles. The fourth-order valence-corrected chi connectivity index (χ4v) is 1.60. The van der Waals surface area contributed by atoms with Crippen molar-refractivity contribution < 1.29 is 34.3 Å². The molecule has 0 aromatic rings. The minimum atomic E-state index is -0.924. The number of carbonyl (C=O) groups excluding carboxylic acids is 4. The topological polar surface area (TPSA) is 132 Å². The lowest BCUT2D eigenvalue weighted by molar-refractivity contribution is -0.171. The Morgan fingerprint density at radius 3 is 1.86 bits per heavy atom. The minimum Gasteiger partial charge on any atom is -0.481 e. The lowest BCUT2D eigenvalue weighted by atomic mass is 10.3. The second kappa shape index (κ2) is 7.29. The average molecular weight is 298 g/mol. The van der Waals surface area contributed by atoms with Gasteiger partial charge in [0.1, 0.15) is 0 Å². The first-order valence-corrected chi connectivity index (χ1v) is 6.13.